The molecule has 0 unspecified atom stereocenters. The Labute approximate surface area is 178 Å². The van der Waals surface area contributed by atoms with Gasteiger partial charge in [-0.15, -0.1) is 0 Å². The maximum atomic E-state index is 14.8. The molecule has 0 radical (unpaired) electrons. The normalized spacial score (nSPS) is 19.1. The molecule has 0 amide bonds. The molecular formula is C27H28FNO. The minimum atomic E-state index is -0.295. The van der Waals surface area contributed by atoms with E-state index in [4.69, 9.17) is 0 Å². The second-order valence-corrected chi connectivity index (χ2v) is 8.35. The van der Waals surface area contributed by atoms with Gasteiger partial charge in [0.25, 0.3) is 0 Å². The van der Waals surface area contributed by atoms with E-state index in [2.05, 4.69) is 35.8 Å². The van der Waals surface area contributed by atoms with Crippen LogP contribution in [-0.2, 0) is 4.79 Å². The van der Waals surface area contributed by atoms with Crippen LogP contribution in [0.15, 0.2) is 48.6 Å². The molecule has 1 aliphatic heterocycles. The van der Waals surface area contributed by atoms with Crippen LogP contribution in [0.3, 0.4) is 0 Å². The minimum absolute atomic E-state index is 0.295. The molecule has 1 heterocycles. The number of halogens is 1. The summed E-state index contributed by atoms with van der Waals surface area (Å²) in [7, 11) is 1.99. The van der Waals surface area contributed by atoms with Crippen molar-refractivity contribution in [1.82, 2.24) is 0 Å². The highest BCUT2D eigenvalue weighted by Crippen LogP contribution is 2.41. The quantitative estimate of drug-likeness (QED) is 0.539. The lowest BCUT2D eigenvalue weighted by Gasteiger charge is -2.30. The standard InChI is InChI=1S/C27H28FNO/c1-3-19-12-13-23-24(21-8-5-4-6-9-21)16-22-10-7-11-26(28)25(22)14-20(18-30)17-29(2)27(23)15-19/h3,7,10-16,18,21H,1,4-6,8-9,17H2,2H3/b20-14+,24-16?. The molecule has 4 rings (SSSR count). The third-order valence-corrected chi connectivity index (χ3v) is 6.32. The molecule has 0 saturated heterocycles. The van der Waals surface area contributed by atoms with E-state index in [1.54, 1.807) is 12.1 Å². The SMILES string of the molecule is C=Cc1ccc2c(c1)N(C)C/C(C=O)=C\c1c(F)cccc1C=C2C1CCCCC1. The second kappa shape index (κ2) is 8.83. The van der Waals surface area contributed by atoms with Gasteiger partial charge in [0.15, 0.2) is 0 Å². The lowest BCUT2D eigenvalue weighted by molar-refractivity contribution is -0.104. The summed E-state index contributed by atoms with van der Waals surface area (Å²) in [4.78, 5) is 13.9. The number of rotatable bonds is 3. The Morgan fingerprint density at radius 3 is 2.63 bits per heavy atom. The van der Waals surface area contributed by atoms with Gasteiger partial charge < -0.3 is 4.90 Å². The van der Waals surface area contributed by atoms with Gasteiger partial charge in [-0.1, -0.05) is 62.3 Å². The number of hydrogen-bond donors (Lipinski definition) is 0. The predicted octanol–water partition coefficient (Wildman–Crippen LogP) is 6.62. The number of nitrogens with zero attached hydrogens (tertiary/aromatic N) is 1. The van der Waals surface area contributed by atoms with E-state index in [1.165, 1.54) is 30.9 Å². The molecule has 2 aliphatic rings. The highest BCUT2D eigenvalue weighted by molar-refractivity contribution is 5.93. The van der Waals surface area contributed by atoms with Crippen LogP contribution in [-0.4, -0.2) is 19.9 Å². The smallest absolute Gasteiger partial charge is 0.147 e. The van der Waals surface area contributed by atoms with E-state index in [1.807, 2.05) is 19.2 Å². The lowest BCUT2D eigenvalue weighted by Crippen LogP contribution is -2.23. The largest absolute Gasteiger partial charge is 0.370 e. The van der Waals surface area contributed by atoms with E-state index < -0.39 is 0 Å². The van der Waals surface area contributed by atoms with Crippen molar-refractivity contribution in [2.45, 2.75) is 32.1 Å². The van der Waals surface area contributed by atoms with Gasteiger partial charge in [0, 0.05) is 36.0 Å². The van der Waals surface area contributed by atoms with Gasteiger partial charge in [0.2, 0.25) is 0 Å². The van der Waals surface area contributed by atoms with E-state index in [0.717, 1.165) is 41.5 Å². The molecule has 2 nitrogen and oxygen atoms in total. The van der Waals surface area contributed by atoms with Crippen LogP contribution < -0.4 is 4.90 Å². The first-order chi connectivity index (χ1) is 14.6. The van der Waals surface area contributed by atoms with E-state index in [9.17, 15) is 9.18 Å². The first-order valence-corrected chi connectivity index (χ1v) is 10.7. The van der Waals surface area contributed by atoms with E-state index in [-0.39, 0.29) is 5.82 Å². The Hall–Kier alpha value is -2.94. The van der Waals surface area contributed by atoms with Crippen LogP contribution in [0, 0.1) is 11.7 Å². The number of allylic oxidation sites excluding steroid dienone is 1. The van der Waals surface area contributed by atoms with Crippen LogP contribution >= 0.6 is 0 Å². The van der Waals surface area contributed by atoms with Gasteiger partial charge in [0.1, 0.15) is 12.1 Å². The molecule has 0 bridgehead atoms. The fourth-order valence-electron chi connectivity index (χ4n) is 4.73. The van der Waals surface area contributed by atoms with Crippen LogP contribution in [0.25, 0.3) is 23.8 Å². The molecule has 2 aromatic rings. The summed E-state index contributed by atoms with van der Waals surface area (Å²) in [6.45, 7) is 4.34. The lowest BCUT2D eigenvalue weighted by atomic mass is 9.79. The van der Waals surface area contributed by atoms with Crippen molar-refractivity contribution in [3.63, 3.8) is 0 Å². The van der Waals surface area contributed by atoms with Gasteiger partial charge in [-0.3, -0.25) is 4.79 Å². The average molecular weight is 402 g/mol. The Morgan fingerprint density at radius 2 is 1.90 bits per heavy atom. The number of fused-ring (bicyclic) bond motifs is 2. The molecule has 1 saturated carbocycles. The molecule has 154 valence electrons. The fourth-order valence-corrected chi connectivity index (χ4v) is 4.73. The summed E-state index contributed by atoms with van der Waals surface area (Å²) in [5.74, 6) is 0.155. The fraction of sp³-hybridized carbons (Fsp3) is 0.296. The number of carbonyl (C=O) groups excluding carboxylic acids is 1. The van der Waals surface area contributed by atoms with Gasteiger partial charge in [-0.25, -0.2) is 4.39 Å². The summed E-state index contributed by atoms with van der Waals surface area (Å²) in [6.07, 6.45) is 12.6. The van der Waals surface area contributed by atoms with Crippen molar-refractivity contribution < 1.29 is 9.18 Å². The number of benzene rings is 2. The second-order valence-electron chi connectivity index (χ2n) is 8.35. The summed E-state index contributed by atoms with van der Waals surface area (Å²) in [5.41, 5.74) is 6.43. The molecule has 0 spiro atoms. The van der Waals surface area contributed by atoms with Gasteiger partial charge in [-0.2, -0.15) is 0 Å². The van der Waals surface area contributed by atoms with Gasteiger partial charge in [0.05, 0.1) is 0 Å². The summed E-state index contributed by atoms with van der Waals surface area (Å²) < 4.78 is 14.8. The molecule has 30 heavy (non-hydrogen) atoms. The van der Waals surface area contributed by atoms with Crippen molar-refractivity contribution >= 4 is 35.8 Å². The van der Waals surface area contributed by atoms with Crippen LogP contribution in [0.2, 0.25) is 0 Å². The summed E-state index contributed by atoms with van der Waals surface area (Å²) >= 11 is 0. The molecule has 0 N–H and O–H groups in total. The van der Waals surface area contributed by atoms with Crippen molar-refractivity contribution in [3.8, 4) is 0 Å². The first kappa shape index (κ1) is 20.3. The molecule has 0 aromatic heterocycles. The summed E-state index contributed by atoms with van der Waals surface area (Å²) in [5, 5.41) is 0. The average Bonchev–Trinajstić information content (AvgIpc) is 2.78. The van der Waals surface area contributed by atoms with Crippen molar-refractivity contribution in [2.24, 2.45) is 5.92 Å². The zero-order valence-electron chi connectivity index (χ0n) is 17.5. The Balaban J connectivity index is 2.00. The number of anilines is 1. The zero-order chi connectivity index (χ0) is 21.1. The Bertz CT molecular complexity index is 1030. The minimum Gasteiger partial charge on any atom is -0.370 e. The first-order valence-electron chi connectivity index (χ1n) is 10.7. The highest BCUT2D eigenvalue weighted by atomic mass is 19.1. The number of aldehydes is 1. The topological polar surface area (TPSA) is 20.3 Å². The zero-order valence-corrected chi connectivity index (χ0v) is 17.5. The molecule has 1 aliphatic carbocycles. The third kappa shape index (κ3) is 4.02. The van der Waals surface area contributed by atoms with Crippen molar-refractivity contribution in [1.29, 1.82) is 0 Å². The van der Waals surface area contributed by atoms with Crippen LogP contribution in [0.4, 0.5) is 10.1 Å². The molecule has 1 fully saturated rings. The number of carbonyl (C=O) groups is 1. The van der Waals surface area contributed by atoms with E-state index in [0.29, 0.717) is 23.6 Å². The highest BCUT2D eigenvalue weighted by Gasteiger charge is 2.24. The molecule has 0 atom stereocenters. The Kier molecular flexibility index (Phi) is 5.98. The molecule has 2 aromatic carbocycles. The maximum absolute atomic E-state index is 14.8. The third-order valence-electron chi connectivity index (χ3n) is 6.32. The van der Waals surface area contributed by atoms with E-state index >= 15 is 0 Å². The monoisotopic (exact) mass is 401 g/mol. The number of hydrogen-bond acceptors (Lipinski definition) is 2. The summed E-state index contributed by atoms with van der Waals surface area (Å²) in [6, 6.07) is 11.5. The van der Waals surface area contributed by atoms with Crippen molar-refractivity contribution in [3.05, 3.63) is 76.6 Å². The van der Waals surface area contributed by atoms with Crippen molar-refractivity contribution in [2.75, 3.05) is 18.5 Å². The Morgan fingerprint density at radius 1 is 1.10 bits per heavy atom. The van der Waals surface area contributed by atoms with Crippen LogP contribution in [0.5, 0.6) is 0 Å². The van der Waals surface area contributed by atoms with Crippen LogP contribution in [0.1, 0.15) is 54.4 Å². The number of likely N-dealkylation sites (N-methyl/N-ethyl adjacent to an activating group) is 1. The molecular weight excluding hydrogens is 373 g/mol. The maximum Gasteiger partial charge on any atom is 0.147 e. The molecule has 3 heteroatoms. The van der Waals surface area contributed by atoms with Gasteiger partial charge in [-0.05, 0) is 53.7 Å². The predicted molar refractivity (Wildman–Crippen MR) is 125 cm³/mol. The van der Waals surface area contributed by atoms with Gasteiger partial charge >= 0.3 is 0 Å².